The Bertz CT molecular complexity index is 896. The summed E-state index contributed by atoms with van der Waals surface area (Å²) in [6, 6.07) is 13.4. The van der Waals surface area contributed by atoms with Crippen molar-refractivity contribution in [1.29, 1.82) is 0 Å². The fourth-order valence-corrected chi connectivity index (χ4v) is 3.66. The third-order valence-electron chi connectivity index (χ3n) is 4.67. The predicted octanol–water partition coefficient (Wildman–Crippen LogP) is 4.10. The summed E-state index contributed by atoms with van der Waals surface area (Å²) in [5, 5.41) is 0. The maximum Gasteiger partial charge on any atom is 0.333 e. The zero-order valence-electron chi connectivity index (χ0n) is 14.3. The molecule has 0 unspecified atom stereocenters. The number of carbonyl (C=O) groups is 2. The lowest BCUT2D eigenvalue weighted by Crippen LogP contribution is -2.41. The van der Waals surface area contributed by atoms with Crippen LogP contribution in [0.3, 0.4) is 0 Å². The van der Waals surface area contributed by atoms with Crippen molar-refractivity contribution in [1.82, 2.24) is 0 Å². The molecule has 0 aromatic heterocycles. The van der Waals surface area contributed by atoms with Gasteiger partial charge in [0.1, 0.15) is 0 Å². The second kappa shape index (κ2) is 6.68. The largest absolute Gasteiger partial charge is 0.466 e. The van der Waals surface area contributed by atoms with Crippen LogP contribution in [0.25, 0.3) is 0 Å². The van der Waals surface area contributed by atoms with Crippen LogP contribution in [-0.2, 0) is 20.0 Å². The van der Waals surface area contributed by atoms with Crippen LogP contribution in [-0.4, -0.2) is 26.0 Å². The molecule has 6 heteroatoms. The minimum Gasteiger partial charge on any atom is -0.466 e. The van der Waals surface area contributed by atoms with Gasteiger partial charge < -0.3 is 9.64 Å². The number of esters is 1. The number of hydrogen-bond donors (Lipinski definition) is 0. The Labute approximate surface area is 159 Å². The number of benzene rings is 2. The van der Waals surface area contributed by atoms with Gasteiger partial charge in [0.25, 0.3) is 5.91 Å². The molecule has 134 valence electrons. The van der Waals surface area contributed by atoms with Crippen molar-refractivity contribution in [2.24, 2.45) is 0 Å². The summed E-state index contributed by atoms with van der Waals surface area (Å²) in [6.45, 7) is 3.75. The zero-order valence-corrected chi connectivity index (χ0v) is 15.9. The first kappa shape index (κ1) is 18.3. The van der Waals surface area contributed by atoms with Crippen molar-refractivity contribution in [3.05, 3.63) is 76.3 Å². The van der Waals surface area contributed by atoms with Crippen LogP contribution in [0.5, 0.6) is 0 Å². The van der Waals surface area contributed by atoms with E-state index in [0.717, 1.165) is 4.47 Å². The minimum atomic E-state index is -2.45. The summed E-state index contributed by atoms with van der Waals surface area (Å²) >= 11 is 3.34. The molecule has 0 fully saturated rings. The molecule has 1 aliphatic rings. The Morgan fingerprint density at radius 2 is 1.85 bits per heavy atom. The summed E-state index contributed by atoms with van der Waals surface area (Å²) < 4.78 is 22.0. The van der Waals surface area contributed by atoms with Gasteiger partial charge in [-0.2, -0.15) is 0 Å². The molecule has 3 rings (SSSR count). The molecule has 0 bridgehead atoms. The van der Waals surface area contributed by atoms with Gasteiger partial charge in [-0.15, -0.1) is 0 Å². The second-order valence-electron chi connectivity index (χ2n) is 6.09. The predicted molar refractivity (Wildman–Crippen MR) is 101 cm³/mol. The van der Waals surface area contributed by atoms with Gasteiger partial charge in [-0.05, 0) is 23.8 Å². The number of alkyl halides is 1. The number of methoxy groups -OCH3 is 1. The number of fused-ring (bicyclic) bond motifs is 1. The molecule has 2 atom stereocenters. The molecule has 4 nitrogen and oxygen atoms in total. The van der Waals surface area contributed by atoms with Gasteiger partial charge in [0.15, 0.2) is 0 Å². The first-order valence-corrected chi connectivity index (χ1v) is 8.70. The van der Waals surface area contributed by atoms with Crippen LogP contribution < -0.4 is 4.90 Å². The Kier molecular flexibility index (Phi) is 4.71. The normalized spacial score (nSPS) is 19.8. The molecule has 0 N–H and O–H groups in total. The second-order valence-corrected chi connectivity index (χ2v) is 7.01. The molecule has 1 heterocycles. The number of hydrogen-bond acceptors (Lipinski definition) is 3. The molecule has 0 saturated carbocycles. The van der Waals surface area contributed by atoms with Crippen LogP contribution in [0.2, 0.25) is 0 Å². The van der Waals surface area contributed by atoms with Gasteiger partial charge in [-0.25, -0.2) is 9.18 Å². The van der Waals surface area contributed by atoms with Crippen molar-refractivity contribution in [3.8, 4) is 0 Å². The van der Waals surface area contributed by atoms with Crippen LogP contribution >= 0.6 is 15.9 Å². The average molecular weight is 418 g/mol. The van der Waals surface area contributed by atoms with Crippen molar-refractivity contribution in [2.45, 2.75) is 11.6 Å². The number of para-hydroxylation sites is 1. The van der Waals surface area contributed by atoms with E-state index < -0.39 is 23.5 Å². The zero-order chi connectivity index (χ0) is 19.1. The number of carbonyl (C=O) groups excluding carboxylic acids is 2. The van der Waals surface area contributed by atoms with E-state index in [1.807, 2.05) is 0 Å². The molecular formula is C20H17BrFNO3. The number of ether oxygens (including phenoxy) is 1. The third-order valence-corrected chi connectivity index (χ3v) is 5.20. The molecular weight excluding hydrogens is 401 g/mol. The molecule has 0 saturated heterocycles. The highest BCUT2D eigenvalue weighted by Crippen LogP contribution is 2.53. The quantitative estimate of drug-likeness (QED) is 0.555. The maximum atomic E-state index is 16.5. The maximum absolute atomic E-state index is 16.5. The lowest BCUT2D eigenvalue weighted by molar-refractivity contribution is -0.137. The molecule has 0 aliphatic carbocycles. The number of nitrogens with zero attached hydrogens (tertiary/aromatic N) is 1. The highest BCUT2D eigenvalue weighted by atomic mass is 79.9. The van der Waals surface area contributed by atoms with Crippen LogP contribution in [0.15, 0.2) is 65.2 Å². The van der Waals surface area contributed by atoms with E-state index in [2.05, 4.69) is 22.5 Å². The van der Waals surface area contributed by atoms with Gasteiger partial charge in [0.2, 0.25) is 5.67 Å². The van der Waals surface area contributed by atoms with Gasteiger partial charge in [-0.3, -0.25) is 4.79 Å². The minimum absolute atomic E-state index is 0.115. The van der Waals surface area contributed by atoms with Crippen molar-refractivity contribution in [3.63, 3.8) is 0 Å². The number of anilines is 1. The van der Waals surface area contributed by atoms with Crippen molar-refractivity contribution >= 4 is 33.5 Å². The first-order valence-electron chi connectivity index (χ1n) is 7.91. The van der Waals surface area contributed by atoms with Gasteiger partial charge >= 0.3 is 5.97 Å². The SMILES string of the molecule is C=C(C(=O)OC)[C@@H](c1ccc(Br)cc1)[C@]1(F)C(=O)N(C)c2ccccc21. The highest BCUT2D eigenvalue weighted by molar-refractivity contribution is 9.10. The van der Waals surface area contributed by atoms with Gasteiger partial charge in [0, 0.05) is 22.7 Å². The van der Waals surface area contributed by atoms with Crippen LogP contribution in [0.1, 0.15) is 17.0 Å². The van der Waals surface area contributed by atoms with E-state index >= 15 is 4.39 Å². The lowest BCUT2D eigenvalue weighted by Gasteiger charge is -2.30. The molecule has 0 spiro atoms. The standard InChI is InChI=1S/C20H17BrFNO3/c1-12(18(24)26-3)17(13-8-10-14(21)11-9-13)20(22)15-6-4-5-7-16(15)23(2)19(20)25/h4-11,17H,1H2,2-3H3/t17-,20-/m0/s1. The smallest absolute Gasteiger partial charge is 0.333 e. The summed E-state index contributed by atoms with van der Waals surface area (Å²) in [4.78, 5) is 26.4. The average Bonchev–Trinajstić information content (AvgIpc) is 2.85. The molecule has 26 heavy (non-hydrogen) atoms. The molecule has 1 aliphatic heterocycles. The lowest BCUT2D eigenvalue weighted by atomic mass is 9.75. The fourth-order valence-electron chi connectivity index (χ4n) is 3.40. The molecule has 2 aromatic carbocycles. The Morgan fingerprint density at radius 1 is 1.23 bits per heavy atom. The number of halogens is 2. The van der Waals surface area contributed by atoms with E-state index in [4.69, 9.17) is 4.74 Å². The van der Waals surface area contributed by atoms with Gasteiger partial charge in [-0.1, -0.05) is 52.8 Å². The van der Waals surface area contributed by atoms with E-state index in [1.54, 1.807) is 48.5 Å². The van der Waals surface area contributed by atoms with E-state index in [-0.39, 0.29) is 11.1 Å². The number of likely N-dealkylation sites (N-methyl/N-ethyl adjacent to an activating group) is 1. The Balaban J connectivity index is 2.24. The summed E-state index contributed by atoms with van der Waals surface area (Å²) in [7, 11) is 2.72. The highest BCUT2D eigenvalue weighted by Gasteiger charge is 2.57. The van der Waals surface area contributed by atoms with Gasteiger partial charge in [0.05, 0.1) is 18.7 Å². The number of rotatable bonds is 4. The Hall–Kier alpha value is -2.47. The van der Waals surface area contributed by atoms with E-state index in [0.29, 0.717) is 11.3 Å². The summed E-state index contributed by atoms with van der Waals surface area (Å²) in [5.74, 6) is -2.70. The van der Waals surface area contributed by atoms with Crippen molar-refractivity contribution in [2.75, 3.05) is 19.1 Å². The fraction of sp³-hybridized carbons (Fsp3) is 0.200. The monoisotopic (exact) mass is 417 g/mol. The van der Waals surface area contributed by atoms with E-state index in [1.165, 1.54) is 19.1 Å². The van der Waals surface area contributed by atoms with Crippen LogP contribution in [0.4, 0.5) is 10.1 Å². The van der Waals surface area contributed by atoms with Crippen molar-refractivity contribution < 1.29 is 18.7 Å². The Morgan fingerprint density at radius 3 is 2.46 bits per heavy atom. The third kappa shape index (κ3) is 2.65. The molecule has 2 aromatic rings. The van der Waals surface area contributed by atoms with Crippen LogP contribution in [0, 0.1) is 0 Å². The first-order chi connectivity index (χ1) is 12.3. The number of amides is 1. The molecule has 0 radical (unpaired) electrons. The topological polar surface area (TPSA) is 46.6 Å². The molecule has 1 amide bonds. The van der Waals surface area contributed by atoms with E-state index in [9.17, 15) is 9.59 Å². The summed E-state index contributed by atoms with van der Waals surface area (Å²) in [5.41, 5.74) is -1.42. The summed E-state index contributed by atoms with van der Waals surface area (Å²) in [6.07, 6.45) is 0.